The van der Waals surface area contributed by atoms with Crippen molar-refractivity contribution >= 4 is 19.4 Å². The summed E-state index contributed by atoms with van der Waals surface area (Å²) < 4.78 is 21.6. The molecular formula is C16H30NO6P. The summed E-state index contributed by atoms with van der Waals surface area (Å²) in [6, 6.07) is 0. The summed E-state index contributed by atoms with van der Waals surface area (Å²) in [5.74, 6) is -0.0421. The Kier molecular flexibility index (Phi) is 10.0. The molecule has 0 saturated heterocycles. The lowest BCUT2D eigenvalue weighted by molar-refractivity contribution is -0.151. The van der Waals surface area contributed by atoms with Crippen LogP contribution in [0.2, 0.25) is 0 Å². The number of rotatable bonds is 10. The quantitative estimate of drug-likeness (QED) is 0.267. The van der Waals surface area contributed by atoms with E-state index in [1.54, 1.807) is 0 Å². The van der Waals surface area contributed by atoms with Gasteiger partial charge in [-0.2, -0.15) is 0 Å². The van der Waals surface area contributed by atoms with Gasteiger partial charge in [0.2, 0.25) is 14.2 Å². The van der Waals surface area contributed by atoms with Crippen molar-refractivity contribution in [3.8, 4) is 0 Å². The molecule has 0 aromatic carbocycles. The molecule has 0 aromatic rings. The second-order valence-corrected chi connectivity index (χ2v) is 8.86. The number of hydrogen-bond acceptors (Lipinski definition) is 5. The van der Waals surface area contributed by atoms with Crippen LogP contribution in [-0.4, -0.2) is 42.6 Å². The predicted octanol–water partition coefficient (Wildman–Crippen LogP) is 3.25. The van der Waals surface area contributed by atoms with Crippen LogP contribution >= 0.6 is 7.37 Å². The lowest BCUT2D eigenvalue weighted by Crippen LogP contribution is -2.27. The third-order valence-corrected chi connectivity index (χ3v) is 6.19. The summed E-state index contributed by atoms with van der Waals surface area (Å²) in [5, 5.41) is 2.48. The molecule has 140 valence electrons. The standard InChI is InChI=1S/C16H30NO6P/c1-2-7-15(18)22-13-23-16(19)17-10-6-11-24(20,21)12-14-8-4-3-5-9-14/h14H,2-13H2,1H3,(H,17,19)(H,20,21). The van der Waals surface area contributed by atoms with Crippen LogP contribution in [0.1, 0.15) is 58.3 Å². The molecule has 0 bridgehead atoms. The zero-order valence-corrected chi connectivity index (χ0v) is 15.4. The Balaban J connectivity index is 2.07. The van der Waals surface area contributed by atoms with E-state index in [0.717, 1.165) is 25.7 Å². The SMILES string of the molecule is CCCC(=O)OCOC(=O)NCCCP(=O)(O)CC1CCCCC1. The van der Waals surface area contributed by atoms with Gasteiger partial charge < -0.3 is 19.7 Å². The van der Waals surface area contributed by atoms with Crippen LogP contribution in [0.3, 0.4) is 0 Å². The monoisotopic (exact) mass is 363 g/mol. The molecule has 0 aliphatic heterocycles. The van der Waals surface area contributed by atoms with Gasteiger partial charge in [-0.05, 0) is 31.6 Å². The molecule has 8 heteroatoms. The van der Waals surface area contributed by atoms with Crippen LogP contribution < -0.4 is 5.32 Å². The molecule has 0 aromatic heterocycles. The number of carbonyl (C=O) groups excluding carboxylic acids is 2. The molecule has 24 heavy (non-hydrogen) atoms. The molecule has 1 aliphatic rings. The fraction of sp³-hybridized carbons (Fsp3) is 0.875. The minimum atomic E-state index is -3.12. The Bertz CT molecular complexity index is 436. The van der Waals surface area contributed by atoms with Crippen LogP contribution in [0.15, 0.2) is 0 Å². The van der Waals surface area contributed by atoms with E-state index in [0.29, 0.717) is 24.9 Å². The van der Waals surface area contributed by atoms with Gasteiger partial charge in [0, 0.05) is 25.3 Å². The summed E-state index contributed by atoms with van der Waals surface area (Å²) in [5.41, 5.74) is 0. The first kappa shape index (κ1) is 21.0. The zero-order valence-electron chi connectivity index (χ0n) is 14.5. The molecule has 7 nitrogen and oxygen atoms in total. The highest BCUT2D eigenvalue weighted by Gasteiger charge is 2.25. The van der Waals surface area contributed by atoms with Gasteiger partial charge in [-0.15, -0.1) is 0 Å². The molecule has 1 atom stereocenters. The molecule has 0 heterocycles. The Morgan fingerprint density at radius 3 is 2.58 bits per heavy atom. The maximum atomic E-state index is 12.2. The summed E-state index contributed by atoms with van der Waals surface area (Å²) in [4.78, 5) is 32.5. The smallest absolute Gasteiger partial charge is 0.410 e. The van der Waals surface area contributed by atoms with E-state index < -0.39 is 26.2 Å². The molecule has 1 saturated carbocycles. The Labute approximate surface area is 143 Å². The van der Waals surface area contributed by atoms with Gasteiger partial charge in [0.15, 0.2) is 0 Å². The van der Waals surface area contributed by atoms with Crippen LogP contribution in [0.5, 0.6) is 0 Å². The zero-order chi connectivity index (χ0) is 17.8. The number of ether oxygens (including phenoxy) is 2. The van der Waals surface area contributed by atoms with Crippen molar-refractivity contribution in [2.45, 2.75) is 58.3 Å². The van der Waals surface area contributed by atoms with Gasteiger partial charge in [0.05, 0.1) is 0 Å². The Hall–Kier alpha value is -1.07. The highest BCUT2D eigenvalue weighted by molar-refractivity contribution is 7.57. The van der Waals surface area contributed by atoms with E-state index in [1.165, 1.54) is 6.42 Å². The minimum Gasteiger partial charge on any atom is -0.428 e. The normalized spacial score (nSPS) is 17.8. The van der Waals surface area contributed by atoms with Crippen LogP contribution in [0, 0.1) is 5.92 Å². The fourth-order valence-corrected chi connectivity index (χ4v) is 4.86. The molecule has 0 radical (unpaired) electrons. The summed E-state index contributed by atoms with van der Waals surface area (Å²) in [7, 11) is -3.12. The largest absolute Gasteiger partial charge is 0.428 e. The summed E-state index contributed by atoms with van der Waals surface area (Å²) in [6.45, 7) is 1.70. The fourth-order valence-electron chi connectivity index (χ4n) is 2.86. The lowest BCUT2D eigenvalue weighted by atomic mass is 9.91. The van der Waals surface area contributed by atoms with E-state index in [4.69, 9.17) is 4.74 Å². The maximum absolute atomic E-state index is 12.2. The van der Waals surface area contributed by atoms with Crippen molar-refractivity contribution in [3.63, 3.8) is 0 Å². The maximum Gasteiger partial charge on any atom is 0.410 e. The molecular weight excluding hydrogens is 333 g/mol. The van der Waals surface area contributed by atoms with Gasteiger partial charge in [0.25, 0.3) is 0 Å². The van der Waals surface area contributed by atoms with Crippen molar-refractivity contribution in [1.29, 1.82) is 0 Å². The highest BCUT2D eigenvalue weighted by atomic mass is 31.2. The van der Waals surface area contributed by atoms with E-state index in [-0.39, 0.29) is 19.1 Å². The van der Waals surface area contributed by atoms with Crippen molar-refractivity contribution in [1.82, 2.24) is 5.32 Å². The molecule has 1 unspecified atom stereocenters. The minimum absolute atomic E-state index is 0.204. The van der Waals surface area contributed by atoms with Crippen molar-refractivity contribution in [3.05, 3.63) is 0 Å². The molecule has 2 N–H and O–H groups in total. The molecule has 0 spiro atoms. The number of esters is 1. The highest BCUT2D eigenvalue weighted by Crippen LogP contribution is 2.45. The first-order valence-corrected chi connectivity index (χ1v) is 10.8. The van der Waals surface area contributed by atoms with Gasteiger partial charge >= 0.3 is 12.1 Å². The number of alkyl carbamates (subject to hydrolysis) is 1. The Morgan fingerprint density at radius 2 is 1.92 bits per heavy atom. The third-order valence-electron chi connectivity index (χ3n) is 4.09. The van der Waals surface area contributed by atoms with Crippen molar-refractivity contribution in [2.75, 3.05) is 25.7 Å². The summed E-state index contributed by atoms with van der Waals surface area (Å²) >= 11 is 0. The van der Waals surface area contributed by atoms with Crippen molar-refractivity contribution < 1.29 is 28.5 Å². The van der Waals surface area contributed by atoms with Gasteiger partial charge in [-0.3, -0.25) is 9.36 Å². The molecule has 1 rings (SSSR count). The van der Waals surface area contributed by atoms with E-state index >= 15 is 0 Å². The number of nitrogens with one attached hydrogen (secondary N) is 1. The van der Waals surface area contributed by atoms with Crippen LogP contribution in [0.25, 0.3) is 0 Å². The van der Waals surface area contributed by atoms with Crippen molar-refractivity contribution in [2.24, 2.45) is 5.92 Å². The van der Waals surface area contributed by atoms with Gasteiger partial charge in [-0.1, -0.05) is 26.2 Å². The average molecular weight is 363 g/mol. The first-order valence-electron chi connectivity index (χ1n) is 8.80. The first-order chi connectivity index (χ1) is 11.4. The van der Waals surface area contributed by atoms with Gasteiger partial charge in [-0.25, -0.2) is 4.79 Å². The second kappa shape index (κ2) is 11.5. The molecule has 1 amide bonds. The van der Waals surface area contributed by atoms with E-state index in [9.17, 15) is 19.0 Å². The molecule has 1 aliphatic carbocycles. The average Bonchev–Trinajstić information content (AvgIpc) is 2.52. The second-order valence-electron chi connectivity index (χ2n) is 6.35. The molecule has 1 fully saturated rings. The number of amides is 1. The number of carbonyl (C=O) groups is 2. The Morgan fingerprint density at radius 1 is 1.21 bits per heavy atom. The lowest BCUT2D eigenvalue weighted by Gasteiger charge is -2.24. The third kappa shape index (κ3) is 9.93. The van der Waals surface area contributed by atoms with Crippen LogP contribution in [0.4, 0.5) is 4.79 Å². The van der Waals surface area contributed by atoms with E-state index in [2.05, 4.69) is 10.1 Å². The van der Waals surface area contributed by atoms with Crippen LogP contribution in [-0.2, 0) is 18.8 Å². The topological polar surface area (TPSA) is 102 Å². The predicted molar refractivity (Wildman–Crippen MR) is 91.1 cm³/mol. The van der Waals surface area contributed by atoms with Gasteiger partial charge in [0.1, 0.15) is 0 Å². The van der Waals surface area contributed by atoms with E-state index in [1.807, 2.05) is 6.92 Å². The summed E-state index contributed by atoms with van der Waals surface area (Å²) in [6.07, 6.45) is 6.92. The number of hydrogen-bond donors (Lipinski definition) is 2.